The number of fused-ring (bicyclic) bond motifs is 1. The van der Waals surface area contributed by atoms with Gasteiger partial charge in [-0.3, -0.25) is 4.79 Å². The second-order valence-corrected chi connectivity index (χ2v) is 8.37. The SMILES string of the molecule is CC(C)(C)OC(=O)NC1Cc2c(C(N)=O)cccc2N(c2ccc(C(F)(F)F)cc2)C1. The van der Waals surface area contributed by atoms with Crippen LogP contribution in [0.2, 0.25) is 0 Å². The summed E-state index contributed by atoms with van der Waals surface area (Å²) in [7, 11) is 0. The summed E-state index contributed by atoms with van der Waals surface area (Å²) >= 11 is 0. The van der Waals surface area contributed by atoms with Gasteiger partial charge >= 0.3 is 12.3 Å². The van der Waals surface area contributed by atoms with E-state index in [9.17, 15) is 22.8 Å². The minimum Gasteiger partial charge on any atom is -0.444 e. The highest BCUT2D eigenvalue weighted by atomic mass is 19.4. The van der Waals surface area contributed by atoms with Crippen molar-refractivity contribution >= 4 is 23.4 Å². The van der Waals surface area contributed by atoms with Gasteiger partial charge in [-0.1, -0.05) is 6.07 Å². The number of alkyl carbamates (subject to hydrolysis) is 1. The van der Waals surface area contributed by atoms with Crippen molar-refractivity contribution < 1.29 is 27.5 Å². The number of hydrogen-bond acceptors (Lipinski definition) is 4. The molecule has 0 aliphatic carbocycles. The molecular formula is C22H24F3N3O3. The summed E-state index contributed by atoms with van der Waals surface area (Å²) in [6, 6.07) is 9.28. The number of nitrogens with two attached hydrogens (primary N) is 1. The first-order chi connectivity index (χ1) is 14.3. The van der Waals surface area contributed by atoms with Crippen LogP contribution in [-0.2, 0) is 17.3 Å². The molecule has 166 valence electrons. The summed E-state index contributed by atoms with van der Waals surface area (Å²) < 4.78 is 44.2. The Morgan fingerprint density at radius 2 is 1.74 bits per heavy atom. The van der Waals surface area contributed by atoms with E-state index < -0.39 is 35.4 Å². The summed E-state index contributed by atoms with van der Waals surface area (Å²) in [5.41, 5.74) is 6.12. The molecule has 6 nitrogen and oxygen atoms in total. The Morgan fingerprint density at radius 1 is 1.10 bits per heavy atom. The molecule has 0 aromatic heterocycles. The van der Waals surface area contributed by atoms with Gasteiger partial charge in [0.05, 0.1) is 11.6 Å². The fourth-order valence-electron chi connectivity index (χ4n) is 3.55. The molecule has 2 aromatic rings. The molecule has 0 radical (unpaired) electrons. The highest BCUT2D eigenvalue weighted by molar-refractivity contribution is 5.96. The number of ether oxygens (including phenoxy) is 1. The number of carbonyl (C=O) groups excluding carboxylic acids is 2. The number of carbonyl (C=O) groups is 2. The smallest absolute Gasteiger partial charge is 0.416 e. The Balaban J connectivity index is 1.97. The van der Waals surface area contributed by atoms with Gasteiger partial charge in [0.25, 0.3) is 0 Å². The van der Waals surface area contributed by atoms with Crippen LogP contribution in [0, 0.1) is 0 Å². The molecule has 1 aliphatic heterocycles. The fraction of sp³-hybridized carbons (Fsp3) is 0.364. The molecule has 31 heavy (non-hydrogen) atoms. The molecular weight excluding hydrogens is 411 g/mol. The number of alkyl halides is 3. The van der Waals surface area contributed by atoms with Gasteiger partial charge in [-0.2, -0.15) is 13.2 Å². The zero-order valence-electron chi connectivity index (χ0n) is 17.4. The third-order valence-corrected chi connectivity index (χ3v) is 4.79. The second-order valence-electron chi connectivity index (χ2n) is 8.37. The quantitative estimate of drug-likeness (QED) is 0.749. The summed E-state index contributed by atoms with van der Waals surface area (Å²) in [6.07, 6.45) is -4.74. The van der Waals surface area contributed by atoms with Crippen molar-refractivity contribution in [1.29, 1.82) is 0 Å². The van der Waals surface area contributed by atoms with Crippen LogP contribution in [0.4, 0.5) is 29.3 Å². The van der Waals surface area contributed by atoms with Crippen LogP contribution >= 0.6 is 0 Å². The maximum atomic E-state index is 13.0. The Morgan fingerprint density at radius 3 is 2.29 bits per heavy atom. The first kappa shape index (κ1) is 22.5. The summed E-state index contributed by atoms with van der Waals surface area (Å²) in [4.78, 5) is 26.0. The molecule has 0 bridgehead atoms. The van der Waals surface area contributed by atoms with E-state index in [1.807, 2.05) is 0 Å². The van der Waals surface area contributed by atoms with Gasteiger partial charge in [-0.25, -0.2) is 4.79 Å². The van der Waals surface area contributed by atoms with E-state index in [0.717, 1.165) is 12.1 Å². The average Bonchev–Trinajstić information content (AvgIpc) is 2.64. The molecule has 1 aliphatic rings. The number of hydrogen-bond donors (Lipinski definition) is 2. The standard InChI is InChI=1S/C22H24F3N3O3/c1-21(2,3)31-20(30)27-14-11-17-16(19(26)29)5-4-6-18(17)28(12-14)15-9-7-13(8-10-15)22(23,24)25/h4-10,14H,11-12H2,1-3H3,(H2,26,29)(H,27,30). The molecule has 3 rings (SSSR count). The fourth-order valence-corrected chi connectivity index (χ4v) is 3.55. The van der Waals surface area contributed by atoms with Crippen LogP contribution in [0.25, 0.3) is 0 Å². The van der Waals surface area contributed by atoms with E-state index in [0.29, 0.717) is 28.9 Å². The van der Waals surface area contributed by atoms with E-state index in [1.165, 1.54) is 12.1 Å². The molecule has 1 unspecified atom stereocenters. The third kappa shape index (κ3) is 5.28. The lowest BCUT2D eigenvalue weighted by Gasteiger charge is -2.37. The number of halogens is 3. The topological polar surface area (TPSA) is 84.7 Å². The zero-order chi connectivity index (χ0) is 23.0. The molecule has 0 spiro atoms. The second kappa shape index (κ2) is 8.13. The van der Waals surface area contributed by atoms with Gasteiger partial charge in [0.1, 0.15) is 5.60 Å². The Bertz CT molecular complexity index is 982. The first-order valence-corrected chi connectivity index (χ1v) is 9.71. The van der Waals surface area contributed by atoms with Gasteiger partial charge in [-0.15, -0.1) is 0 Å². The predicted molar refractivity (Wildman–Crippen MR) is 110 cm³/mol. The van der Waals surface area contributed by atoms with Crippen molar-refractivity contribution in [3.63, 3.8) is 0 Å². The van der Waals surface area contributed by atoms with Gasteiger partial charge < -0.3 is 20.7 Å². The average molecular weight is 435 g/mol. The Hall–Kier alpha value is -3.23. The molecule has 2 aromatic carbocycles. The highest BCUT2D eigenvalue weighted by Gasteiger charge is 2.33. The Labute approximate surface area is 178 Å². The van der Waals surface area contributed by atoms with Crippen LogP contribution in [-0.4, -0.2) is 30.2 Å². The monoisotopic (exact) mass is 435 g/mol. The number of anilines is 2. The number of primary amides is 1. The lowest BCUT2D eigenvalue weighted by atomic mass is 9.92. The number of benzene rings is 2. The molecule has 9 heteroatoms. The van der Waals surface area contributed by atoms with Gasteiger partial charge in [-0.05, 0) is 69.2 Å². The lowest BCUT2D eigenvalue weighted by molar-refractivity contribution is -0.137. The van der Waals surface area contributed by atoms with Crippen molar-refractivity contribution in [1.82, 2.24) is 5.32 Å². The molecule has 0 fully saturated rings. The molecule has 1 heterocycles. The third-order valence-electron chi connectivity index (χ3n) is 4.79. The summed E-state index contributed by atoms with van der Waals surface area (Å²) in [6.45, 7) is 5.49. The van der Waals surface area contributed by atoms with Crippen LogP contribution < -0.4 is 16.0 Å². The van der Waals surface area contributed by atoms with Gasteiger partial charge in [0.15, 0.2) is 0 Å². The summed E-state index contributed by atoms with van der Waals surface area (Å²) in [5.74, 6) is -0.623. The van der Waals surface area contributed by atoms with Crippen LogP contribution in [0.5, 0.6) is 0 Å². The van der Waals surface area contributed by atoms with Crippen molar-refractivity contribution in [3.8, 4) is 0 Å². The largest absolute Gasteiger partial charge is 0.444 e. The predicted octanol–water partition coefficient (Wildman–Crippen LogP) is 4.39. The van der Waals surface area contributed by atoms with E-state index >= 15 is 0 Å². The van der Waals surface area contributed by atoms with Crippen LogP contribution in [0.15, 0.2) is 42.5 Å². The van der Waals surface area contributed by atoms with Crippen LogP contribution in [0.3, 0.4) is 0 Å². The van der Waals surface area contributed by atoms with E-state index in [1.54, 1.807) is 43.9 Å². The number of amides is 2. The normalized spacial score (nSPS) is 16.5. The van der Waals surface area contributed by atoms with E-state index in [-0.39, 0.29) is 6.54 Å². The molecule has 1 atom stereocenters. The van der Waals surface area contributed by atoms with E-state index in [2.05, 4.69) is 5.32 Å². The molecule has 2 amide bonds. The van der Waals surface area contributed by atoms with Crippen LogP contribution in [0.1, 0.15) is 42.3 Å². The minimum absolute atomic E-state index is 0.278. The van der Waals surface area contributed by atoms with Gasteiger partial charge in [0.2, 0.25) is 5.91 Å². The number of nitrogens with one attached hydrogen (secondary N) is 1. The Kier molecular flexibility index (Phi) is 5.89. The first-order valence-electron chi connectivity index (χ1n) is 9.71. The van der Waals surface area contributed by atoms with Crippen molar-refractivity contribution in [3.05, 3.63) is 59.2 Å². The lowest BCUT2D eigenvalue weighted by Crippen LogP contribution is -2.48. The maximum Gasteiger partial charge on any atom is 0.416 e. The van der Waals surface area contributed by atoms with Crippen molar-refractivity contribution in [2.45, 2.75) is 45.0 Å². The maximum absolute atomic E-state index is 13.0. The number of rotatable bonds is 3. The summed E-state index contributed by atoms with van der Waals surface area (Å²) in [5, 5.41) is 2.78. The molecule has 0 saturated heterocycles. The number of nitrogens with zero attached hydrogens (tertiary/aromatic N) is 1. The minimum atomic E-state index is -4.45. The molecule has 0 saturated carbocycles. The van der Waals surface area contributed by atoms with Gasteiger partial charge in [0, 0.05) is 23.5 Å². The molecule has 3 N–H and O–H groups in total. The van der Waals surface area contributed by atoms with E-state index in [4.69, 9.17) is 10.5 Å². The highest BCUT2D eigenvalue weighted by Crippen LogP contribution is 2.37. The van der Waals surface area contributed by atoms with Crippen molar-refractivity contribution in [2.24, 2.45) is 5.73 Å². The zero-order valence-corrected chi connectivity index (χ0v) is 17.4. The van der Waals surface area contributed by atoms with Crippen molar-refractivity contribution in [2.75, 3.05) is 11.4 Å².